The van der Waals surface area contributed by atoms with Gasteiger partial charge in [0.2, 0.25) is 0 Å². The van der Waals surface area contributed by atoms with Gasteiger partial charge in [0.15, 0.2) is 11.8 Å². The molecule has 4 aromatic heterocycles. The molecule has 40 heavy (non-hydrogen) atoms. The van der Waals surface area contributed by atoms with E-state index in [4.69, 9.17) is 35.8 Å². The second-order valence-electron chi connectivity index (χ2n) is 10.1. The molecule has 6 aromatic rings. The number of hydrogen-bond acceptors (Lipinski definition) is 6. The molecule has 1 N–H and O–H groups in total. The molecule has 2 aromatic carbocycles. The molecule has 0 aliphatic carbocycles. The van der Waals surface area contributed by atoms with Crippen molar-refractivity contribution >= 4 is 28.4 Å². The molecule has 2 aliphatic heterocycles. The maximum Gasteiger partial charge on any atom is 0.296 e. The van der Waals surface area contributed by atoms with Crippen molar-refractivity contribution < 1.29 is 14.2 Å². The average molecular weight is 550 g/mol. The zero-order valence-corrected chi connectivity index (χ0v) is 22.1. The van der Waals surface area contributed by atoms with Gasteiger partial charge in [-0.25, -0.2) is 9.97 Å². The number of benzene rings is 2. The molecule has 2 aliphatic rings. The second-order valence-corrected chi connectivity index (χ2v) is 10.5. The molecule has 0 spiro atoms. The predicted octanol–water partition coefficient (Wildman–Crippen LogP) is 6.20. The lowest BCUT2D eigenvalue weighted by Gasteiger charge is -2.15. The van der Waals surface area contributed by atoms with Gasteiger partial charge in [-0.15, -0.1) is 0 Å². The van der Waals surface area contributed by atoms with Gasteiger partial charge in [-0.1, -0.05) is 66.2 Å². The molecule has 2 fully saturated rings. The number of rotatable bonds is 5. The SMILES string of the molecule is Clc1cc2[nH]c(OC3COC4CCOC43)nc2nc1-c1ccc(-c2ccc(-c3cn4ccccc4n3)cc2)cc1. The van der Waals surface area contributed by atoms with E-state index < -0.39 is 0 Å². The summed E-state index contributed by atoms with van der Waals surface area (Å²) in [5.41, 5.74) is 8.02. The van der Waals surface area contributed by atoms with Gasteiger partial charge in [0.25, 0.3) is 6.01 Å². The molecule has 2 saturated heterocycles. The number of aromatic amines is 1. The van der Waals surface area contributed by atoms with Gasteiger partial charge in [-0.2, -0.15) is 4.98 Å². The first kappa shape index (κ1) is 23.6. The number of hydrogen-bond donors (Lipinski definition) is 1. The first-order chi connectivity index (χ1) is 19.7. The highest BCUT2D eigenvalue weighted by Crippen LogP contribution is 2.33. The summed E-state index contributed by atoms with van der Waals surface area (Å²) in [6.07, 6.45) is 4.81. The maximum atomic E-state index is 6.65. The molecule has 3 atom stereocenters. The quantitative estimate of drug-likeness (QED) is 0.276. The van der Waals surface area contributed by atoms with Crippen LogP contribution in [0.2, 0.25) is 5.02 Å². The molecule has 0 amide bonds. The van der Waals surface area contributed by atoms with Crippen LogP contribution in [0.1, 0.15) is 6.42 Å². The number of nitrogens with one attached hydrogen (secondary N) is 1. The topological polar surface area (TPSA) is 86.6 Å². The molecular weight excluding hydrogens is 526 g/mol. The van der Waals surface area contributed by atoms with E-state index in [1.54, 1.807) is 0 Å². The van der Waals surface area contributed by atoms with Crippen molar-refractivity contribution in [1.82, 2.24) is 24.3 Å². The van der Waals surface area contributed by atoms with Crippen LogP contribution in [0.4, 0.5) is 0 Å². The number of halogens is 1. The van der Waals surface area contributed by atoms with Crippen molar-refractivity contribution in [2.45, 2.75) is 24.7 Å². The van der Waals surface area contributed by atoms with Crippen LogP contribution in [-0.4, -0.2) is 55.9 Å². The van der Waals surface area contributed by atoms with Crippen molar-refractivity contribution in [2.24, 2.45) is 0 Å². The minimum Gasteiger partial charge on any atom is -0.456 e. The lowest BCUT2D eigenvalue weighted by Crippen LogP contribution is -2.32. The van der Waals surface area contributed by atoms with Crippen LogP contribution in [0, 0.1) is 0 Å². The first-order valence-corrected chi connectivity index (χ1v) is 13.7. The summed E-state index contributed by atoms with van der Waals surface area (Å²) in [7, 11) is 0. The number of ether oxygens (including phenoxy) is 3. The van der Waals surface area contributed by atoms with Gasteiger partial charge in [-0.05, 0) is 35.7 Å². The van der Waals surface area contributed by atoms with E-state index in [9.17, 15) is 0 Å². The van der Waals surface area contributed by atoms with Crippen molar-refractivity contribution in [3.05, 3.63) is 90.2 Å². The Morgan fingerprint density at radius 2 is 1.65 bits per heavy atom. The molecule has 198 valence electrons. The first-order valence-electron chi connectivity index (χ1n) is 13.3. The Morgan fingerprint density at radius 3 is 2.45 bits per heavy atom. The van der Waals surface area contributed by atoms with E-state index in [2.05, 4.69) is 46.4 Å². The largest absolute Gasteiger partial charge is 0.456 e. The van der Waals surface area contributed by atoms with Gasteiger partial charge in [0.05, 0.1) is 34.6 Å². The Kier molecular flexibility index (Phi) is 5.58. The Bertz CT molecular complexity index is 1810. The third-order valence-electron chi connectivity index (χ3n) is 7.62. The molecule has 3 unspecified atom stereocenters. The Morgan fingerprint density at radius 1 is 0.875 bits per heavy atom. The van der Waals surface area contributed by atoms with Gasteiger partial charge >= 0.3 is 0 Å². The number of pyridine rings is 2. The van der Waals surface area contributed by atoms with Gasteiger partial charge in [0.1, 0.15) is 11.8 Å². The summed E-state index contributed by atoms with van der Waals surface area (Å²) in [6.45, 7) is 1.18. The van der Waals surface area contributed by atoms with Crippen LogP contribution in [0.15, 0.2) is 85.2 Å². The highest BCUT2D eigenvalue weighted by atomic mass is 35.5. The van der Waals surface area contributed by atoms with E-state index in [0.717, 1.165) is 40.0 Å². The third-order valence-corrected chi connectivity index (χ3v) is 7.91. The predicted molar refractivity (Wildman–Crippen MR) is 152 cm³/mol. The normalized spacial score (nSPS) is 20.4. The molecule has 0 radical (unpaired) electrons. The maximum absolute atomic E-state index is 6.65. The van der Waals surface area contributed by atoms with Crippen molar-refractivity contribution in [2.75, 3.05) is 13.2 Å². The van der Waals surface area contributed by atoms with E-state index in [-0.39, 0.29) is 18.3 Å². The monoisotopic (exact) mass is 549 g/mol. The van der Waals surface area contributed by atoms with Crippen LogP contribution in [0.25, 0.3) is 50.5 Å². The minimum atomic E-state index is -0.191. The average Bonchev–Trinajstić information content (AvgIpc) is 3.77. The van der Waals surface area contributed by atoms with Gasteiger partial charge in [0, 0.05) is 30.1 Å². The number of H-pyrrole nitrogens is 1. The van der Waals surface area contributed by atoms with E-state index in [1.165, 1.54) is 0 Å². The Labute approximate surface area is 234 Å². The molecule has 8 rings (SSSR count). The minimum absolute atomic E-state index is 0.0547. The van der Waals surface area contributed by atoms with Crippen LogP contribution in [0.3, 0.4) is 0 Å². The van der Waals surface area contributed by atoms with Gasteiger partial charge < -0.3 is 23.6 Å². The van der Waals surface area contributed by atoms with E-state index in [1.807, 2.05) is 53.2 Å². The summed E-state index contributed by atoms with van der Waals surface area (Å²) in [4.78, 5) is 17.2. The van der Waals surface area contributed by atoms with Crippen LogP contribution in [0.5, 0.6) is 6.01 Å². The fourth-order valence-electron chi connectivity index (χ4n) is 5.56. The third kappa shape index (κ3) is 4.12. The van der Waals surface area contributed by atoms with Crippen LogP contribution >= 0.6 is 11.6 Å². The molecule has 0 bridgehead atoms. The molecule has 6 heterocycles. The van der Waals surface area contributed by atoms with E-state index >= 15 is 0 Å². The molecular formula is C31H24ClN5O3. The molecule has 9 heteroatoms. The van der Waals surface area contributed by atoms with Crippen molar-refractivity contribution in [3.8, 4) is 39.7 Å². The van der Waals surface area contributed by atoms with Gasteiger partial charge in [-0.3, -0.25) is 0 Å². The fourth-order valence-corrected chi connectivity index (χ4v) is 5.82. The summed E-state index contributed by atoms with van der Waals surface area (Å²) in [5.74, 6) is 0. The zero-order chi connectivity index (χ0) is 26.6. The lowest BCUT2D eigenvalue weighted by molar-refractivity contribution is 0.0273. The lowest BCUT2D eigenvalue weighted by atomic mass is 10.0. The number of imidazole rings is 2. The molecule has 0 saturated carbocycles. The highest BCUT2D eigenvalue weighted by molar-refractivity contribution is 6.33. The summed E-state index contributed by atoms with van der Waals surface area (Å²) < 4.78 is 19.7. The summed E-state index contributed by atoms with van der Waals surface area (Å²) >= 11 is 6.65. The second kappa shape index (κ2) is 9.45. The zero-order valence-electron chi connectivity index (χ0n) is 21.3. The molecule has 8 nitrogen and oxygen atoms in total. The smallest absolute Gasteiger partial charge is 0.296 e. The van der Waals surface area contributed by atoms with Crippen LogP contribution < -0.4 is 4.74 Å². The Balaban J connectivity index is 1.02. The van der Waals surface area contributed by atoms with Crippen molar-refractivity contribution in [1.29, 1.82) is 0 Å². The summed E-state index contributed by atoms with van der Waals surface area (Å²) in [5, 5.41) is 0.538. The van der Waals surface area contributed by atoms with E-state index in [0.29, 0.717) is 41.1 Å². The van der Waals surface area contributed by atoms with Crippen LogP contribution in [-0.2, 0) is 9.47 Å². The standard InChI is InChI=1S/C31H24ClN5O3/c32-22-15-23-30(36-31(34-23)40-26-17-39-25-12-14-38-29(25)26)35-28(22)21-10-6-19(7-11-21)18-4-8-20(9-5-18)24-16-37-13-2-1-3-27(37)33-24/h1-11,13,15-16,25-26,29H,12,14,17H2,(H,34,35,36). The number of nitrogens with zero attached hydrogens (tertiary/aromatic N) is 4. The highest BCUT2D eigenvalue weighted by Gasteiger charge is 2.43. The number of aromatic nitrogens is 5. The Hall–Kier alpha value is -4.24. The summed E-state index contributed by atoms with van der Waals surface area (Å²) in [6, 6.07) is 24.9. The number of fused-ring (bicyclic) bond motifs is 3. The van der Waals surface area contributed by atoms with Crippen molar-refractivity contribution in [3.63, 3.8) is 0 Å². The fraction of sp³-hybridized carbons (Fsp3) is 0.194.